The van der Waals surface area contributed by atoms with E-state index in [0.29, 0.717) is 26.1 Å². The van der Waals surface area contributed by atoms with E-state index in [9.17, 15) is 9.59 Å². The normalized spacial score (nSPS) is 26.2. The van der Waals surface area contributed by atoms with Crippen LogP contribution in [0.15, 0.2) is 29.2 Å². The lowest BCUT2D eigenvalue weighted by atomic mass is 9.79. The van der Waals surface area contributed by atoms with E-state index in [4.69, 9.17) is 5.73 Å². The van der Waals surface area contributed by atoms with Crippen molar-refractivity contribution in [2.45, 2.75) is 37.6 Å². The second-order valence-electron chi connectivity index (χ2n) is 7.75. The highest BCUT2D eigenvalue weighted by Gasteiger charge is 2.41. The molecule has 1 aromatic rings. The Kier molecular flexibility index (Phi) is 5.11. The van der Waals surface area contributed by atoms with Gasteiger partial charge in [0.05, 0.1) is 5.92 Å². The molecule has 2 amide bonds. The maximum Gasteiger partial charge on any atom is 0.228 e. The molecule has 2 aliphatic rings. The van der Waals surface area contributed by atoms with Crippen LogP contribution in [0.3, 0.4) is 0 Å². The van der Waals surface area contributed by atoms with Gasteiger partial charge in [0.2, 0.25) is 11.8 Å². The molecule has 136 valence electrons. The van der Waals surface area contributed by atoms with Gasteiger partial charge in [-0.25, -0.2) is 0 Å². The molecule has 5 nitrogen and oxygen atoms in total. The Morgan fingerprint density at radius 2 is 1.96 bits per heavy atom. The van der Waals surface area contributed by atoms with Crippen molar-refractivity contribution < 1.29 is 9.59 Å². The van der Waals surface area contributed by atoms with E-state index in [0.717, 1.165) is 17.0 Å². The van der Waals surface area contributed by atoms with E-state index in [-0.39, 0.29) is 29.2 Å². The predicted octanol–water partition coefficient (Wildman–Crippen LogP) is 2.35. The fraction of sp³-hybridized carbons (Fsp3) is 0.579. The number of amides is 2. The van der Waals surface area contributed by atoms with E-state index in [1.54, 1.807) is 16.7 Å². The summed E-state index contributed by atoms with van der Waals surface area (Å²) in [5, 5.41) is 0. The summed E-state index contributed by atoms with van der Waals surface area (Å²) in [6.45, 7) is 6.04. The Morgan fingerprint density at radius 3 is 2.56 bits per heavy atom. The third kappa shape index (κ3) is 3.70. The summed E-state index contributed by atoms with van der Waals surface area (Å²) in [7, 11) is 0. The first-order valence-electron chi connectivity index (χ1n) is 8.80. The van der Waals surface area contributed by atoms with Crippen molar-refractivity contribution in [2.24, 2.45) is 17.1 Å². The van der Waals surface area contributed by atoms with E-state index < -0.39 is 0 Å². The van der Waals surface area contributed by atoms with E-state index >= 15 is 0 Å². The van der Waals surface area contributed by atoms with Crippen LogP contribution in [0.2, 0.25) is 0 Å². The molecule has 0 radical (unpaired) electrons. The van der Waals surface area contributed by atoms with Crippen molar-refractivity contribution in [3.63, 3.8) is 0 Å². The summed E-state index contributed by atoms with van der Waals surface area (Å²) in [5.41, 5.74) is 6.96. The Labute approximate surface area is 153 Å². The topological polar surface area (TPSA) is 66.6 Å². The smallest absolute Gasteiger partial charge is 0.228 e. The number of anilines is 1. The molecule has 2 atom stereocenters. The molecule has 2 heterocycles. The number of carbonyl (C=O) groups excluding carboxylic acids is 2. The first-order chi connectivity index (χ1) is 11.8. The molecular formula is C19H27N3O2S. The van der Waals surface area contributed by atoms with Crippen molar-refractivity contribution in [1.29, 1.82) is 0 Å². The van der Waals surface area contributed by atoms with Gasteiger partial charge in [0, 0.05) is 42.7 Å². The Balaban J connectivity index is 1.68. The van der Waals surface area contributed by atoms with E-state index in [1.807, 2.05) is 35.4 Å². The molecule has 2 fully saturated rings. The van der Waals surface area contributed by atoms with Gasteiger partial charge in [-0.2, -0.15) is 0 Å². The average Bonchev–Trinajstić information content (AvgIpc) is 2.98. The number of hydrogen-bond acceptors (Lipinski definition) is 4. The summed E-state index contributed by atoms with van der Waals surface area (Å²) in [6, 6.07) is 8.06. The number of carbonyl (C=O) groups is 2. The maximum atomic E-state index is 12.9. The van der Waals surface area contributed by atoms with Gasteiger partial charge >= 0.3 is 0 Å². The summed E-state index contributed by atoms with van der Waals surface area (Å²) in [5.74, 6) is -0.127. The van der Waals surface area contributed by atoms with Crippen molar-refractivity contribution in [1.82, 2.24) is 4.90 Å². The number of nitrogens with zero attached hydrogens (tertiary/aromatic N) is 2. The minimum atomic E-state index is -0.252. The summed E-state index contributed by atoms with van der Waals surface area (Å²) in [4.78, 5) is 30.2. The number of rotatable bonds is 3. The number of likely N-dealkylation sites (tertiary alicyclic amines) is 1. The number of nitrogens with two attached hydrogens (primary N) is 1. The SMILES string of the molecule is CSc1ccc(N2CC(C(=O)N3CCC(N)C(C)(C)C3)CC2=O)cc1. The van der Waals surface area contributed by atoms with Crippen LogP contribution >= 0.6 is 11.8 Å². The van der Waals surface area contributed by atoms with Crippen molar-refractivity contribution in [3.05, 3.63) is 24.3 Å². The zero-order chi connectivity index (χ0) is 18.2. The van der Waals surface area contributed by atoms with Gasteiger partial charge in [-0.05, 0) is 42.4 Å². The quantitative estimate of drug-likeness (QED) is 0.839. The summed E-state index contributed by atoms with van der Waals surface area (Å²) in [6.07, 6.45) is 3.14. The van der Waals surface area contributed by atoms with Gasteiger partial charge in [-0.3, -0.25) is 9.59 Å². The van der Waals surface area contributed by atoms with Crippen LogP contribution < -0.4 is 10.6 Å². The van der Waals surface area contributed by atoms with Gasteiger partial charge in [-0.1, -0.05) is 13.8 Å². The first kappa shape index (κ1) is 18.3. The van der Waals surface area contributed by atoms with Crippen LogP contribution in [0.25, 0.3) is 0 Å². The minimum absolute atomic E-state index is 0.0308. The fourth-order valence-electron chi connectivity index (χ4n) is 3.70. The molecule has 25 heavy (non-hydrogen) atoms. The van der Waals surface area contributed by atoms with E-state index in [1.165, 1.54) is 0 Å². The molecule has 2 unspecified atom stereocenters. The highest BCUT2D eigenvalue weighted by atomic mass is 32.2. The van der Waals surface area contributed by atoms with Gasteiger partial charge < -0.3 is 15.5 Å². The lowest BCUT2D eigenvalue weighted by Crippen LogP contribution is -2.55. The van der Waals surface area contributed by atoms with Crippen LogP contribution in [-0.2, 0) is 9.59 Å². The van der Waals surface area contributed by atoms with Crippen LogP contribution in [0.4, 0.5) is 5.69 Å². The predicted molar refractivity (Wildman–Crippen MR) is 102 cm³/mol. The van der Waals surface area contributed by atoms with Crippen LogP contribution in [-0.4, -0.2) is 48.6 Å². The van der Waals surface area contributed by atoms with Crippen LogP contribution in [0.5, 0.6) is 0 Å². The molecule has 1 aromatic carbocycles. The molecule has 2 N–H and O–H groups in total. The van der Waals surface area contributed by atoms with Crippen molar-refractivity contribution >= 4 is 29.3 Å². The number of piperidine rings is 1. The molecule has 6 heteroatoms. The van der Waals surface area contributed by atoms with Gasteiger partial charge in [0.25, 0.3) is 0 Å². The molecule has 0 bridgehead atoms. The zero-order valence-electron chi connectivity index (χ0n) is 15.2. The molecule has 0 aromatic heterocycles. The number of benzene rings is 1. The van der Waals surface area contributed by atoms with Crippen molar-refractivity contribution in [2.75, 3.05) is 30.8 Å². The van der Waals surface area contributed by atoms with Crippen LogP contribution in [0.1, 0.15) is 26.7 Å². The fourth-order valence-corrected chi connectivity index (χ4v) is 4.11. The molecule has 2 saturated heterocycles. The third-order valence-corrected chi connectivity index (χ3v) is 6.23. The molecule has 2 aliphatic heterocycles. The summed E-state index contributed by atoms with van der Waals surface area (Å²) < 4.78 is 0. The summed E-state index contributed by atoms with van der Waals surface area (Å²) >= 11 is 1.67. The molecule has 0 saturated carbocycles. The van der Waals surface area contributed by atoms with Gasteiger partial charge in [0.15, 0.2) is 0 Å². The minimum Gasteiger partial charge on any atom is -0.342 e. The average molecular weight is 362 g/mol. The second-order valence-corrected chi connectivity index (χ2v) is 8.63. The zero-order valence-corrected chi connectivity index (χ0v) is 16.0. The monoisotopic (exact) mass is 361 g/mol. The standard InChI is InChI=1S/C19H27N3O2S/c1-19(2)12-21(9-8-16(19)20)18(24)13-10-17(23)22(11-13)14-4-6-15(25-3)7-5-14/h4-7,13,16H,8-12,20H2,1-3H3. The molecule has 3 rings (SSSR count). The molecule has 0 aliphatic carbocycles. The number of hydrogen-bond donors (Lipinski definition) is 1. The van der Waals surface area contributed by atoms with Crippen molar-refractivity contribution in [3.8, 4) is 0 Å². The van der Waals surface area contributed by atoms with Crippen LogP contribution in [0, 0.1) is 11.3 Å². The first-order valence-corrected chi connectivity index (χ1v) is 10.0. The number of thioether (sulfide) groups is 1. The molecular weight excluding hydrogens is 334 g/mol. The highest BCUT2D eigenvalue weighted by Crippen LogP contribution is 2.32. The maximum absolute atomic E-state index is 12.9. The lowest BCUT2D eigenvalue weighted by Gasteiger charge is -2.43. The van der Waals surface area contributed by atoms with Gasteiger partial charge in [-0.15, -0.1) is 11.8 Å². The van der Waals surface area contributed by atoms with Gasteiger partial charge in [0.1, 0.15) is 0 Å². The Hall–Kier alpha value is -1.53. The van der Waals surface area contributed by atoms with E-state index in [2.05, 4.69) is 13.8 Å². The second kappa shape index (κ2) is 7.00. The molecule has 0 spiro atoms. The lowest BCUT2D eigenvalue weighted by molar-refractivity contribution is -0.139. The highest BCUT2D eigenvalue weighted by molar-refractivity contribution is 7.98. The largest absolute Gasteiger partial charge is 0.342 e. The third-order valence-electron chi connectivity index (χ3n) is 5.48. The Morgan fingerprint density at radius 1 is 1.28 bits per heavy atom. The Bertz CT molecular complexity index is 659.